The van der Waals surface area contributed by atoms with Crippen molar-refractivity contribution >= 4 is 5.69 Å². The van der Waals surface area contributed by atoms with E-state index in [0.717, 1.165) is 17.7 Å². The van der Waals surface area contributed by atoms with Crippen LogP contribution in [0, 0.1) is 0 Å². The van der Waals surface area contributed by atoms with Crippen LogP contribution in [0.2, 0.25) is 0 Å². The van der Waals surface area contributed by atoms with Crippen molar-refractivity contribution in [3.63, 3.8) is 0 Å². The fourth-order valence-corrected chi connectivity index (χ4v) is 1.93. The largest absolute Gasteiger partial charge is 0.494 e. The van der Waals surface area contributed by atoms with Crippen molar-refractivity contribution in [3.8, 4) is 17.1 Å². The highest BCUT2D eigenvalue weighted by atomic mass is 16.5. The molecule has 0 radical (unpaired) electrons. The van der Waals surface area contributed by atoms with E-state index < -0.39 is 0 Å². The first-order valence-corrected chi connectivity index (χ1v) is 6.80. The van der Waals surface area contributed by atoms with Gasteiger partial charge >= 0.3 is 0 Å². The average molecular weight is 275 g/mol. The Morgan fingerprint density at radius 1 is 1.25 bits per heavy atom. The van der Waals surface area contributed by atoms with E-state index in [1.165, 1.54) is 0 Å². The maximum absolute atomic E-state index is 5.93. The van der Waals surface area contributed by atoms with Crippen molar-refractivity contribution < 1.29 is 4.74 Å². The van der Waals surface area contributed by atoms with E-state index in [2.05, 4.69) is 36.3 Å². The first-order chi connectivity index (χ1) is 9.47. The first-order valence-electron chi connectivity index (χ1n) is 6.80. The normalized spacial score (nSPS) is 11.6. The topological polar surface area (TPSA) is 78.8 Å². The summed E-state index contributed by atoms with van der Waals surface area (Å²) in [6.07, 6.45) is 0.922. The summed E-state index contributed by atoms with van der Waals surface area (Å²) in [5.74, 6) is 1.43. The van der Waals surface area contributed by atoms with Crippen LogP contribution in [0.25, 0.3) is 11.4 Å². The molecule has 0 atom stereocenters. The number of nitrogens with two attached hydrogens (primary N) is 1. The highest BCUT2D eigenvalue weighted by Crippen LogP contribution is 2.29. The molecule has 0 aliphatic carbocycles. The van der Waals surface area contributed by atoms with Crippen LogP contribution in [0.3, 0.4) is 0 Å². The number of ether oxygens (including phenoxy) is 1. The summed E-state index contributed by atoms with van der Waals surface area (Å²) >= 11 is 0. The lowest BCUT2D eigenvalue weighted by atomic mass is 10.0. The van der Waals surface area contributed by atoms with E-state index >= 15 is 0 Å². The van der Waals surface area contributed by atoms with Gasteiger partial charge in [-0.25, -0.2) is 4.68 Å². The first kappa shape index (κ1) is 14.3. The molecule has 0 bridgehead atoms. The lowest BCUT2D eigenvalue weighted by molar-refractivity contribution is 0.304. The van der Waals surface area contributed by atoms with Crippen LogP contribution < -0.4 is 10.5 Å². The summed E-state index contributed by atoms with van der Waals surface area (Å²) < 4.78 is 7.35. The van der Waals surface area contributed by atoms with E-state index in [0.29, 0.717) is 18.1 Å². The number of nitrogen functional groups attached to an aromatic ring is 1. The molecule has 0 aliphatic rings. The van der Waals surface area contributed by atoms with Gasteiger partial charge in [-0.15, -0.1) is 5.10 Å². The molecule has 1 aromatic heterocycles. The Labute approximate surface area is 118 Å². The summed E-state index contributed by atoms with van der Waals surface area (Å²) in [5.41, 5.74) is 7.27. The molecule has 2 aromatic rings. The van der Waals surface area contributed by atoms with Gasteiger partial charge in [0.05, 0.1) is 12.1 Å². The molecule has 20 heavy (non-hydrogen) atoms. The molecule has 108 valence electrons. The van der Waals surface area contributed by atoms with Gasteiger partial charge in [-0.3, -0.25) is 0 Å². The van der Waals surface area contributed by atoms with Gasteiger partial charge in [0.2, 0.25) is 0 Å². The minimum absolute atomic E-state index is 0.158. The highest BCUT2D eigenvalue weighted by molar-refractivity contribution is 5.64. The second-order valence-corrected chi connectivity index (χ2v) is 5.30. The van der Waals surface area contributed by atoms with Crippen molar-refractivity contribution in [1.29, 1.82) is 0 Å². The molecule has 6 nitrogen and oxygen atoms in total. The van der Waals surface area contributed by atoms with Gasteiger partial charge in [0.1, 0.15) is 5.75 Å². The third-order valence-electron chi connectivity index (χ3n) is 3.41. The van der Waals surface area contributed by atoms with E-state index in [-0.39, 0.29) is 5.54 Å². The summed E-state index contributed by atoms with van der Waals surface area (Å²) in [6.45, 7) is 8.84. The fourth-order valence-electron chi connectivity index (χ4n) is 1.93. The summed E-state index contributed by atoms with van der Waals surface area (Å²) in [5, 5.41) is 12.0. The maximum Gasteiger partial charge on any atom is 0.182 e. The number of tetrazole rings is 1. The number of nitrogens with zero attached hydrogens (tertiary/aromatic N) is 4. The predicted molar refractivity (Wildman–Crippen MR) is 78.4 cm³/mol. The van der Waals surface area contributed by atoms with Gasteiger partial charge in [-0.2, -0.15) is 0 Å². The predicted octanol–water partition coefficient (Wildman–Crippen LogP) is 2.47. The second kappa shape index (κ2) is 5.48. The van der Waals surface area contributed by atoms with Gasteiger partial charge in [0.15, 0.2) is 5.82 Å². The Kier molecular flexibility index (Phi) is 3.92. The molecule has 0 aliphatic heterocycles. The number of anilines is 1. The molecule has 2 rings (SSSR count). The van der Waals surface area contributed by atoms with E-state index in [1.54, 1.807) is 6.07 Å². The molecule has 1 aromatic carbocycles. The minimum atomic E-state index is -0.158. The van der Waals surface area contributed by atoms with Crippen molar-refractivity contribution in [2.75, 3.05) is 12.3 Å². The third kappa shape index (κ3) is 2.74. The number of hydrogen-bond acceptors (Lipinski definition) is 5. The molecule has 0 fully saturated rings. The number of aromatic nitrogens is 4. The van der Waals surface area contributed by atoms with Gasteiger partial charge in [0.25, 0.3) is 0 Å². The zero-order chi connectivity index (χ0) is 14.8. The van der Waals surface area contributed by atoms with Crippen molar-refractivity contribution in [2.45, 2.75) is 39.7 Å². The van der Waals surface area contributed by atoms with E-state index in [4.69, 9.17) is 10.5 Å². The minimum Gasteiger partial charge on any atom is -0.494 e. The van der Waals surface area contributed by atoms with Crippen LogP contribution in [0.5, 0.6) is 5.75 Å². The lowest BCUT2D eigenvalue weighted by Crippen LogP contribution is -2.27. The summed E-state index contributed by atoms with van der Waals surface area (Å²) in [7, 11) is 0. The Morgan fingerprint density at radius 2 is 2.00 bits per heavy atom. The molecule has 6 heteroatoms. The Hall–Kier alpha value is -2.11. The number of hydrogen-bond donors (Lipinski definition) is 1. The van der Waals surface area contributed by atoms with Crippen molar-refractivity contribution in [2.24, 2.45) is 0 Å². The lowest BCUT2D eigenvalue weighted by Gasteiger charge is -2.24. The van der Waals surface area contributed by atoms with Gasteiger partial charge < -0.3 is 10.5 Å². The summed E-state index contributed by atoms with van der Waals surface area (Å²) in [4.78, 5) is 0. The summed E-state index contributed by atoms with van der Waals surface area (Å²) in [6, 6.07) is 5.57. The van der Waals surface area contributed by atoms with Crippen molar-refractivity contribution in [3.05, 3.63) is 18.2 Å². The zero-order valence-electron chi connectivity index (χ0n) is 12.4. The molecular weight excluding hydrogens is 254 g/mol. The number of benzene rings is 1. The van der Waals surface area contributed by atoms with Gasteiger partial charge in [-0.05, 0) is 49.8 Å². The fraction of sp³-hybridized carbons (Fsp3) is 0.500. The monoisotopic (exact) mass is 275 g/mol. The molecule has 0 spiro atoms. The second-order valence-electron chi connectivity index (χ2n) is 5.30. The smallest absolute Gasteiger partial charge is 0.182 e. The van der Waals surface area contributed by atoms with E-state index in [9.17, 15) is 0 Å². The maximum atomic E-state index is 5.93. The number of rotatable bonds is 5. The molecule has 0 unspecified atom stereocenters. The van der Waals surface area contributed by atoms with E-state index in [1.807, 2.05) is 23.7 Å². The van der Waals surface area contributed by atoms with Crippen molar-refractivity contribution in [1.82, 2.24) is 20.2 Å². The SMILES string of the molecule is CCOc1cc(N)cc(-c2nnnn2C(C)(C)CC)c1. The third-order valence-corrected chi connectivity index (χ3v) is 3.41. The van der Waals surface area contributed by atoms with Crippen LogP contribution >= 0.6 is 0 Å². The van der Waals surface area contributed by atoms with Crippen LogP contribution in [-0.4, -0.2) is 26.8 Å². The average Bonchev–Trinajstić information content (AvgIpc) is 2.88. The quantitative estimate of drug-likeness (QED) is 0.848. The van der Waals surface area contributed by atoms with Crippen LogP contribution in [-0.2, 0) is 5.54 Å². The Bertz CT molecular complexity index is 591. The Balaban J connectivity index is 2.50. The highest BCUT2D eigenvalue weighted by Gasteiger charge is 2.24. The zero-order valence-corrected chi connectivity index (χ0v) is 12.4. The molecular formula is C14H21N5O. The van der Waals surface area contributed by atoms with Crippen LogP contribution in [0.15, 0.2) is 18.2 Å². The van der Waals surface area contributed by atoms with Crippen LogP contribution in [0.4, 0.5) is 5.69 Å². The Morgan fingerprint density at radius 3 is 2.65 bits per heavy atom. The van der Waals surface area contributed by atoms with Gasteiger partial charge in [0, 0.05) is 17.3 Å². The van der Waals surface area contributed by atoms with Crippen LogP contribution in [0.1, 0.15) is 34.1 Å². The molecule has 0 amide bonds. The molecule has 0 saturated carbocycles. The van der Waals surface area contributed by atoms with Gasteiger partial charge in [-0.1, -0.05) is 6.92 Å². The standard InChI is InChI=1S/C14H21N5O/c1-5-14(3,4)19-13(16-17-18-19)10-7-11(15)9-12(8-10)20-6-2/h7-9H,5-6,15H2,1-4H3. The molecule has 0 saturated heterocycles. The molecule has 1 heterocycles. The molecule has 2 N–H and O–H groups in total.